The summed E-state index contributed by atoms with van der Waals surface area (Å²) in [7, 11) is 1.93. The maximum absolute atomic E-state index is 6.02. The first-order chi connectivity index (χ1) is 7.35. The van der Waals surface area contributed by atoms with Crippen LogP contribution in [0.15, 0.2) is 0 Å². The molecule has 0 saturated heterocycles. The molecule has 0 radical (unpaired) electrons. The first kappa shape index (κ1) is 12.9. The first-order valence-electron chi connectivity index (χ1n) is 5.90. The number of hydrogen-bond donors (Lipinski definition) is 2. The molecule has 0 saturated carbocycles. The van der Waals surface area contributed by atoms with Crippen molar-refractivity contribution >= 4 is 11.5 Å². The Kier molecular flexibility index (Phi) is 3.83. The zero-order valence-corrected chi connectivity index (χ0v) is 11.1. The zero-order chi connectivity index (χ0) is 12.3. The Bertz CT molecular complexity index is 347. The van der Waals surface area contributed by atoms with Crippen LogP contribution in [0.1, 0.15) is 39.8 Å². The predicted molar refractivity (Wildman–Crippen MR) is 69.6 cm³/mol. The maximum atomic E-state index is 6.02. The number of hydrogen-bond acceptors (Lipinski definition) is 3. The molecule has 3 N–H and O–H groups in total. The second-order valence-electron chi connectivity index (χ2n) is 5.42. The van der Waals surface area contributed by atoms with Crippen molar-refractivity contribution in [1.82, 2.24) is 9.78 Å². The lowest BCUT2D eigenvalue weighted by Gasteiger charge is -2.18. The molecule has 0 aliphatic rings. The summed E-state index contributed by atoms with van der Waals surface area (Å²) in [5.74, 6) is 0.945. The van der Waals surface area contributed by atoms with Gasteiger partial charge in [-0.3, -0.25) is 4.68 Å². The molecule has 1 aromatic rings. The third-order valence-corrected chi connectivity index (χ3v) is 2.66. The lowest BCUT2D eigenvalue weighted by molar-refractivity contribution is 0.389. The van der Waals surface area contributed by atoms with E-state index in [0.717, 1.165) is 36.6 Å². The molecule has 0 unspecified atom stereocenters. The minimum Gasteiger partial charge on any atom is -0.394 e. The molecule has 4 nitrogen and oxygen atoms in total. The monoisotopic (exact) mass is 224 g/mol. The summed E-state index contributed by atoms with van der Waals surface area (Å²) >= 11 is 0. The molecule has 0 aliphatic heterocycles. The van der Waals surface area contributed by atoms with E-state index in [1.165, 1.54) is 0 Å². The van der Waals surface area contributed by atoms with Gasteiger partial charge in [0.2, 0.25) is 0 Å². The summed E-state index contributed by atoms with van der Waals surface area (Å²) in [6, 6.07) is 0. The van der Waals surface area contributed by atoms with Crippen LogP contribution in [0.2, 0.25) is 0 Å². The average molecular weight is 224 g/mol. The van der Waals surface area contributed by atoms with E-state index in [1.54, 1.807) is 0 Å². The fourth-order valence-electron chi connectivity index (χ4n) is 1.62. The number of nitrogens with two attached hydrogens (primary N) is 1. The van der Waals surface area contributed by atoms with Gasteiger partial charge < -0.3 is 11.1 Å². The summed E-state index contributed by atoms with van der Waals surface area (Å²) < 4.78 is 1.83. The lowest BCUT2D eigenvalue weighted by atomic mass is 9.92. The summed E-state index contributed by atoms with van der Waals surface area (Å²) in [6.07, 6.45) is 1.99. The van der Waals surface area contributed by atoms with Crippen molar-refractivity contribution in [1.29, 1.82) is 0 Å². The molecule has 0 aromatic carbocycles. The average Bonchev–Trinajstić information content (AvgIpc) is 2.42. The molecule has 4 heteroatoms. The second kappa shape index (κ2) is 4.76. The van der Waals surface area contributed by atoms with Gasteiger partial charge in [-0.2, -0.15) is 5.10 Å². The first-order valence-corrected chi connectivity index (χ1v) is 5.90. The molecule has 1 rings (SSSR count). The molecule has 1 heterocycles. The molecular weight excluding hydrogens is 200 g/mol. The van der Waals surface area contributed by atoms with Crippen molar-refractivity contribution in [2.75, 3.05) is 17.6 Å². The molecule has 0 spiro atoms. The Hall–Kier alpha value is -1.19. The molecule has 0 aliphatic carbocycles. The Labute approximate surface area is 98.2 Å². The van der Waals surface area contributed by atoms with E-state index in [1.807, 2.05) is 11.7 Å². The SMILES string of the molecule is CCc1nn(C)c(NCCC(C)(C)C)c1N. The van der Waals surface area contributed by atoms with Crippen LogP contribution in [0.4, 0.5) is 11.5 Å². The summed E-state index contributed by atoms with van der Waals surface area (Å²) in [6.45, 7) is 9.70. The number of nitrogen functional groups attached to an aromatic ring is 1. The molecule has 16 heavy (non-hydrogen) atoms. The fourth-order valence-corrected chi connectivity index (χ4v) is 1.62. The van der Waals surface area contributed by atoms with Gasteiger partial charge in [-0.25, -0.2) is 0 Å². The van der Waals surface area contributed by atoms with Gasteiger partial charge in [-0.15, -0.1) is 0 Å². The van der Waals surface area contributed by atoms with Crippen molar-refractivity contribution in [3.05, 3.63) is 5.69 Å². The minimum atomic E-state index is 0.341. The smallest absolute Gasteiger partial charge is 0.147 e. The van der Waals surface area contributed by atoms with Crippen LogP contribution in [0.3, 0.4) is 0 Å². The summed E-state index contributed by atoms with van der Waals surface area (Å²) in [5, 5.41) is 7.74. The van der Waals surface area contributed by atoms with Gasteiger partial charge in [0.15, 0.2) is 0 Å². The Morgan fingerprint density at radius 2 is 2.00 bits per heavy atom. The number of aromatic nitrogens is 2. The van der Waals surface area contributed by atoms with Crippen LogP contribution in [0, 0.1) is 5.41 Å². The van der Waals surface area contributed by atoms with Crippen molar-refractivity contribution < 1.29 is 0 Å². The number of nitrogens with zero attached hydrogens (tertiary/aromatic N) is 2. The highest BCUT2D eigenvalue weighted by atomic mass is 15.3. The molecule has 0 fully saturated rings. The molecule has 0 amide bonds. The standard InChI is InChI=1S/C12H24N4/c1-6-9-10(13)11(16(5)15-9)14-8-7-12(2,3)4/h14H,6-8,13H2,1-5H3. The quantitative estimate of drug-likeness (QED) is 0.825. The second-order valence-corrected chi connectivity index (χ2v) is 5.42. The van der Waals surface area contributed by atoms with Crippen LogP contribution in [-0.2, 0) is 13.5 Å². The van der Waals surface area contributed by atoms with Gasteiger partial charge in [0.05, 0.1) is 11.4 Å². The molecule has 1 aromatic heterocycles. The minimum absolute atomic E-state index is 0.341. The summed E-state index contributed by atoms with van der Waals surface area (Å²) in [5.41, 5.74) is 8.12. The summed E-state index contributed by atoms with van der Waals surface area (Å²) in [4.78, 5) is 0. The van der Waals surface area contributed by atoms with Crippen molar-refractivity contribution in [3.63, 3.8) is 0 Å². The van der Waals surface area contributed by atoms with Crippen molar-refractivity contribution in [3.8, 4) is 0 Å². The van der Waals surface area contributed by atoms with Gasteiger partial charge in [0.1, 0.15) is 5.82 Å². The van der Waals surface area contributed by atoms with E-state index in [2.05, 4.69) is 38.1 Å². The van der Waals surface area contributed by atoms with Gasteiger partial charge in [-0.1, -0.05) is 27.7 Å². The van der Waals surface area contributed by atoms with E-state index in [-0.39, 0.29) is 0 Å². The maximum Gasteiger partial charge on any atom is 0.147 e. The van der Waals surface area contributed by atoms with Crippen molar-refractivity contribution in [2.45, 2.75) is 40.5 Å². The highest BCUT2D eigenvalue weighted by Gasteiger charge is 2.13. The van der Waals surface area contributed by atoms with Crippen LogP contribution in [0.5, 0.6) is 0 Å². The normalized spacial score (nSPS) is 11.8. The van der Waals surface area contributed by atoms with E-state index in [4.69, 9.17) is 5.73 Å². The molecular formula is C12H24N4. The van der Waals surface area contributed by atoms with Crippen LogP contribution < -0.4 is 11.1 Å². The molecule has 92 valence electrons. The number of aryl methyl sites for hydroxylation is 2. The topological polar surface area (TPSA) is 55.9 Å². The van der Waals surface area contributed by atoms with Gasteiger partial charge in [-0.05, 0) is 18.3 Å². The lowest BCUT2D eigenvalue weighted by Crippen LogP contribution is -2.15. The number of anilines is 2. The van der Waals surface area contributed by atoms with Crippen LogP contribution in [0.25, 0.3) is 0 Å². The van der Waals surface area contributed by atoms with E-state index in [9.17, 15) is 0 Å². The van der Waals surface area contributed by atoms with Gasteiger partial charge in [0, 0.05) is 13.6 Å². The van der Waals surface area contributed by atoms with Gasteiger partial charge >= 0.3 is 0 Å². The third-order valence-electron chi connectivity index (χ3n) is 2.66. The van der Waals surface area contributed by atoms with Crippen LogP contribution >= 0.6 is 0 Å². The zero-order valence-electron chi connectivity index (χ0n) is 11.1. The fraction of sp³-hybridized carbons (Fsp3) is 0.750. The van der Waals surface area contributed by atoms with E-state index in [0.29, 0.717) is 5.41 Å². The van der Waals surface area contributed by atoms with Gasteiger partial charge in [0.25, 0.3) is 0 Å². The highest BCUT2D eigenvalue weighted by molar-refractivity contribution is 5.64. The molecule has 0 bridgehead atoms. The van der Waals surface area contributed by atoms with Crippen LogP contribution in [-0.4, -0.2) is 16.3 Å². The Morgan fingerprint density at radius 1 is 1.38 bits per heavy atom. The number of nitrogens with one attached hydrogen (secondary N) is 1. The van der Waals surface area contributed by atoms with E-state index < -0.39 is 0 Å². The molecule has 0 atom stereocenters. The Balaban J connectivity index is 2.64. The number of rotatable bonds is 4. The van der Waals surface area contributed by atoms with Crippen molar-refractivity contribution in [2.24, 2.45) is 12.5 Å². The Morgan fingerprint density at radius 3 is 2.44 bits per heavy atom. The highest BCUT2D eigenvalue weighted by Crippen LogP contribution is 2.24. The van der Waals surface area contributed by atoms with E-state index >= 15 is 0 Å². The predicted octanol–water partition coefficient (Wildman–Crippen LogP) is 2.41. The largest absolute Gasteiger partial charge is 0.394 e. The third kappa shape index (κ3) is 3.15.